The van der Waals surface area contributed by atoms with Crippen molar-refractivity contribution in [2.45, 2.75) is 52.9 Å². The van der Waals surface area contributed by atoms with Gasteiger partial charge < -0.3 is 4.90 Å². The molecule has 3 rings (SSSR count). The van der Waals surface area contributed by atoms with E-state index in [0.717, 1.165) is 67.8 Å². The van der Waals surface area contributed by atoms with E-state index in [2.05, 4.69) is 45.0 Å². The average molecular weight is 325 g/mol. The molecule has 4 heteroatoms. The summed E-state index contributed by atoms with van der Waals surface area (Å²) in [6, 6.07) is 8.36. The first-order chi connectivity index (χ1) is 11.7. The van der Waals surface area contributed by atoms with Crippen molar-refractivity contribution < 1.29 is 4.79 Å². The number of benzene rings is 1. The fourth-order valence-corrected chi connectivity index (χ4v) is 3.47. The Kier molecular flexibility index (Phi) is 5.03. The minimum absolute atomic E-state index is 0.172. The van der Waals surface area contributed by atoms with Gasteiger partial charge in [0.15, 0.2) is 0 Å². The van der Waals surface area contributed by atoms with Gasteiger partial charge in [0.1, 0.15) is 0 Å². The van der Waals surface area contributed by atoms with Crippen molar-refractivity contribution in [2.24, 2.45) is 0 Å². The van der Waals surface area contributed by atoms with E-state index in [1.165, 1.54) is 5.56 Å². The molecule has 0 unspecified atom stereocenters. The third-order valence-corrected chi connectivity index (χ3v) is 4.76. The number of aryl methyl sites for hydroxylation is 2. The van der Waals surface area contributed by atoms with E-state index >= 15 is 0 Å². The van der Waals surface area contributed by atoms with Crippen LogP contribution < -0.4 is 0 Å². The van der Waals surface area contributed by atoms with E-state index < -0.39 is 0 Å². The lowest BCUT2D eigenvalue weighted by molar-refractivity contribution is 0.0790. The van der Waals surface area contributed by atoms with Crippen LogP contribution in [0.5, 0.6) is 0 Å². The van der Waals surface area contributed by atoms with Gasteiger partial charge in [-0.2, -0.15) is 5.10 Å². The molecule has 1 saturated heterocycles. The number of aromatic nitrogens is 2. The molecule has 1 amide bonds. The maximum absolute atomic E-state index is 13.1. The lowest BCUT2D eigenvalue weighted by Crippen LogP contribution is -2.29. The van der Waals surface area contributed by atoms with Gasteiger partial charge in [0, 0.05) is 13.1 Å². The number of carbonyl (C=O) groups is 1. The minimum atomic E-state index is 0.172. The smallest absolute Gasteiger partial charge is 0.257 e. The minimum Gasteiger partial charge on any atom is -0.339 e. The largest absolute Gasteiger partial charge is 0.339 e. The summed E-state index contributed by atoms with van der Waals surface area (Å²) in [5, 5.41) is 4.83. The highest BCUT2D eigenvalue weighted by molar-refractivity contribution is 5.97. The van der Waals surface area contributed by atoms with Gasteiger partial charge in [-0.1, -0.05) is 38.0 Å². The zero-order chi connectivity index (χ0) is 17.1. The lowest BCUT2D eigenvalue weighted by Gasteiger charge is -2.16. The third-order valence-electron chi connectivity index (χ3n) is 4.76. The van der Waals surface area contributed by atoms with Crippen LogP contribution in [0, 0.1) is 6.92 Å². The van der Waals surface area contributed by atoms with Crippen molar-refractivity contribution >= 4 is 5.91 Å². The molecular weight excluding hydrogens is 298 g/mol. The molecule has 0 radical (unpaired) electrons. The number of hydrogen-bond acceptors (Lipinski definition) is 2. The summed E-state index contributed by atoms with van der Waals surface area (Å²) in [5.41, 5.74) is 5.11. The molecule has 24 heavy (non-hydrogen) atoms. The van der Waals surface area contributed by atoms with Gasteiger partial charge in [-0.05, 0) is 44.7 Å². The van der Waals surface area contributed by atoms with E-state index in [4.69, 9.17) is 5.10 Å². The summed E-state index contributed by atoms with van der Waals surface area (Å²) in [6.45, 7) is 8.09. The van der Waals surface area contributed by atoms with Crippen LogP contribution in [0.25, 0.3) is 5.69 Å². The van der Waals surface area contributed by atoms with Gasteiger partial charge in [-0.15, -0.1) is 0 Å². The molecule has 2 aromatic rings. The Morgan fingerprint density at radius 3 is 2.38 bits per heavy atom. The van der Waals surface area contributed by atoms with Gasteiger partial charge in [-0.25, -0.2) is 4.68 Å². The van der Waals surface area contributed by atoms with Crippen molar-refractivity contribution in [3.05, 3.63) is 46.8 Å². The molecule has 1 aromatic carbocycles. The third kappa shape index (κ3) is 3.10. The monoisotopic (exact) mass is 325 g/mol. The highest BCUT2D eigenvalue weighted by Crippen LogP contribution is 2.24. The van der Waals surface area contributed by atoms with Crippen LogP contribution in [0.4, 0.5) is 0 Å². The molecule has 128 valence electrons. The first kappa shape index (κ1) is 16.7. The van der Waals surface area contributed by atoms with Gasteiger partial charge in [0.05, 0.1) is 22.6 Å². The second-order valence-corrected chi connectivity index (χ2v) is 6.62. The predicted molar refractivity (Wildman–Crippen MR) is 96.8 cm³/mol. The van der Waals surface area contributed by atoms with Crippen molar-refractivity contribution in [1.82, 2.24) is 14.7 Å². The number of amides is 1. The summed E-state index contributed by atoms with van der Waals surface area (Å²) in [7, 11) is 0. The molecule has 4 nitrogen and oxygen atoms in total. The van der Waals surface area contributed by atoms with Gasteiger partial charge in [0.2, 0.25) is 0 Å². The molecule has 0 atom stereocenters. The Hall–Kier alpha value is -2.10. The molecule has 1 aliphatic heterocycles. The van der Waals surface area contributed by atoms with Crippen LogP contribution >= 0.6 is 0 Å². The lowest BCUT2D eigenvalue weighted by atomic mass is 10.1. The van der Waals surface area contributed by atoms with Crippen LogP contribution in [0.2, 0.25) is 0 Å². The molecule has 2 heterocycles. The summed E-state index contributed by atoms with van der Waals surface area (Å²) in [6.07, 6.45) is 4.87. The topological polar surface area (TPSA) is 38.1 Å². The van der Waals surface area contributed by atoms with Crippen LogP contribution in [0.15, 0.2) is 24.3 Å². The maximum Gasteiger partial charge on any atom is 0.257 e. The molecule has 0 bridgehead atoms. The van der Waals surface area contributed by atoms with Crippen molar-refractivity contribution in [2.75, 3.05) is 13.1 Å². The Morgan fingerprint density at radius 2 is 1.79 bits per heavy atom. The summed E-state index contributed by atoms with van der Waals surface area (Å²) in [4.78, 5) is 15.1. The number of hydrogen-bond donors (Lipinski definition) is 0. The summed E-state index contributed by atoms with van der Waals surface area (Å²) >= 11 is 0. The standard InChI is InChI=1S/C20H27N3O/c1-4-8-17-19(20(24)22-13-6-7-14-22)18(5-2)23(21-17)16-11-9-15(3)10-12-16/h9-12H,4-8,13-14H2,1-3H3. The van der Waals surface area contributed by atoms with Crippen molar-refractivity contribution in [1.29, 1.82) is 0 Å². The second kappa shape index (κ2) is 7.20. The van der Waals surface area contributed by atoms with Crippen LogP contribution in [0.1, 0.15) is 60.4 Å². The van der Waals surface area contributed by atoms with Crippen LogP contribution in [-0.4, -0.2) is 33.7 Å². The molecule has 0 N–H and O–H groups in total. The Bertz CT molecular complexity index is 709. The van der Waals surface area contributed by atoms with Gasteiger partial charge in [0.25, 0.3) is 5.91 Å². The SMILES string of the molecule is CCCc1nn(-c2ccc(C)cc2)c(CC)c1C(=O)N1CCCC1. The van der Waals surface area contributed by atoms with E-state index in [1.807, 2.05) is 9.58 Å². The fourth-order valence-electron chi connectivity index (χ4n) is 3.47. The maximum atomic E-state index is 13.1. The average Bonchev–Trinajstić information content (AvgIpc) is 3.23. The molecule has 1 fully saturated rings. The second-order valence-electron chi connectivity index (χ2n) is 6.62. The predicted octanol–water partition coefficient (Wildman–Crippen LogP) is 3.93. The summed E-state index contributed by atoms with van der Waals surface area (Å²) in [5.74, 6) is 0.172. The number of nitrogens with zero attached hydrogens (tertiary/aromatic N) is 3. The van der Waals surface area contributed by atoms with Gasteiger partial charge >= 0.3 is 0 Å². The van der Waals surface area contributed by atoms with E-state index in [0.29, 0.717) is 0 Å². The molecule has 0 saturated carbocycles. The van der Waals surface area contributed by atoms with Gasteiger partial charge in [-0.3, -0.25) is 4.79 Å². The normalized spacial score (nSPS) is 14.4. The summed E-state index contributed by atoms with van der Waals surface area (Å²) < 4.78 is 1.98. The van der Waals surface area contributed by atoms with Crippen molar-refractivity contribution in [3.8, 4) is 5.69 Å². The molecule has 1 aromatic heterocycles. The Labute approximate surface area is 144 Å². The van der Waals surface area contributed by atoms with Crippen LogP contribution in [-0.2, 0) is 12.8 Å². The fraction of sp³-hybridized carbons (Fsp3) is 0.500. The quantitative estimate of drug-likeness (QED) is 0.835. The Balaban J connectivity index is 2.08. The zero-order valence-corrected chi connectivity index (χ0v) is 15.0. The molecular formula is C20H27N3O. The van der Waals surface area contributed by atoms with E-state index in [1.54, 1.807) is 0 Å². The Morgan fingerprint density at radius 1 is 1.12 bits per heavy atom. The van der Waals surface area contributed by atoms with Crippen LogP contribution in [0.3, 0.4) is 0 Å². The molecule has 0 spiro atoms. The van der Waals surface area contributed by atoms with Crippen molar-refractivity contribution in [3.63, 3.8) is 0 Å². The molecule has 0 aliphatic carbocycles. The first-order valence-corrected chi connectivity index (χ1v) is 9.12. The van der Waals surface area contributed by atoms with E-state index in [-0.39, 0.29) is 5.91 Å². The number of carbonyl (C=O) groups excluding carboxylic acids is 1. The highest BCUT2D eigenvalue weighted by atomic mass is 16.2. The first-order valence-electron chi connectivity index (χ1n) is 9.12. The highest BCUT2D eigenvalue weighted by Gasteiger charge is 2.28. The molecule has 1 aliphatic rings. The van der Waals surface area contributed by atoms with E-state index in [9.17, 15) is 4.79 Å². The number of likely N-dealkylation sites (tertiary alicyclic amines) is 1. The zero-order valence-electron chi connectivity index (χ0n) is 15.0. The number of rotatable bonds is 5.